The van der Waals surface area contributed by atoms with Crippen molar-refractivity contribution in [3.05, 3.63) is 69.2 Å². The first-order valence-corrected chi connectivity index (χ1v) is 7.94. The number of benzene rings is 2. The normalized spacial score (nSPS) is 12.4. The molecule has 2 aromatic rings. The number of aryl methyl sites for hydroxylation is 2. The molecule has 0 aliphatic carbocycles. The molecule has 1 unspecified atom stereocenters. The molecule has 106 valence electrons. The molecule has 0 fully saturated rings. The third kappa shape index (κ3) is 3.94. The predicted molar refractivity (Wildman–Crippen MR) is 90.2 cm³/mol. The highest BCUT2D eigenvalue weighted by molar-refractivity contribution is 9.10. The summed E-state index contributed by atoms with van der Waals surface area (Å²) in [5.41, 5.74) is 5.42. The maximum atomic E-state index is 3.61. The zero-order valence-electron chi connectivity index (χ0n) is 12.4. The van der Waals surface area contributed by atoms with Crippen LogP contribution in [0.2, 0.25) is 0 Å². The molecule has 1 nitrogen and oxygen atoms in total. The number of halogens is 1. The second kappa shape index (κ2) is 7.05. The lowest BCUT2D eigenvalue weighted by atomic mass is 9.95. The minimum Gasteiger partial charge on any atom is -0.310 e. The van der Waals surface area contributed by atoms with E-state index in [4.69, 9.17) is 0 Å². The molecule has 0 aliphatic rings. The topological polar surface area (TPSA) is 12.0 Å². The summed E-state index contributed by atoms with van der Waals surface area (Å²) in [6.45, 7) is 7.47. The molecule has 0 bridgehead atoms. The number of hydrogen-bond donors (Lipinski definition) is 1. The van der Waals surface area contributed by atoms with Crippen LogP contribution in [-0.4, -0.2) is 6.54 Å². The third-order valence-electron chi connectivity index (χ3n) is 3.60. The molecule has 2 rings (SSSR count). The Morgan fingerprint density at radius 1 is 1.10 bits per heavy atom. The fourth-order valence-corrected chi connectivity index (χ4v) is 3.20. The van der Waals surface area contributed by atoms with Crippen LogP contribution < -0.4 is 5.32 Å². The van der Waals surface area contributed by atoms with Gasteiger partial charge in [0, 0.05) is 10.5 Å². The Morgan fingerprint density at radius 3 is 2.50 bits per heavy atom. The van der Waals surface area contributed by atoms with Gasteiger partial charge in [0.15, 0.2) is 0 Å². The van der Waals surface area contributed by atoms with Crippen molar-refractivity contribution in [1.82, 2.24) is 5.32 Å². The fraction of sp³-hybridized carbons (Fsp3) is 0.333. The molecule has 0 saturated carbocycles. The fourth-order valence-electron chi connectivity index (χ4n) is 2.58. The summed E-state index contributed by atoms with van der Waals surface area (Å²) in [5.74, 6) is 0. The van der Waals surface area contributed by atoms with Crippen LogP contribution in [0.3, 0.4) is 0 Å². The largest absolute Gasteiger partial charge is 0.310 e. The molecule has 20 heavy (non-hydrogen) atoms. The van der Waals surface area contributed by atoms with Crippen LogP contribution in [0.25, 0.3) is 0 Å². The Bertz CT molecular complexity index is 557. The average Bonchev–Trinajstić information content (AvgIpc) is 2.39. The lowest BCUT2D eigenvalue weighted by molar-refractivity contribution is 0.548. The van der Waals surface area contributed by atoms with E-state index in [0.717, 1.165) is 17.4 Å². The van der Waals surface area contributed by atoms with Gasteiger partial charge in [0.05, 0.1) is 0 Å². The standard InChI is InChI=1S/C18H22BrN/c1-4-20-18(12-15-8-6-5-7-14(15)3)16-9-13(2)10-17(19)11-16/h5-11,18,20H,4,12H2,1-3H3. The zero-order chi connectivity index (χ0) is 14.5. The Hall–Kier alpha value is -1.12. The lowest BCUT2D eigenvalue weighted by Crippen LogP contribution is -2.23. The summed E-state index contributed by atoms with van der Waals surface area (Å²) in [4.78, 5) is 0. The van der Waals surface area contributed by atoms with Crippen molar-refractivity contribution in [2.24, 2.45) is 0 Å². The SMILES string of the molecule is CCNC(Cc1ccccc1C)c1cc(C)cc(Br)c1. The van der Waals surface area contributed by atoms with Gasteiger partial charge in [-0.15, -0.1) is 0 Å². The molecule has 0 aromatic heterocycles. The third-order valence-corrected chi connectivity index (χ3v) is 4.06. The van der Waals surface area contributed by atoms with Gasteiger partial charge in [-0.3, -0.25) is 0 Å². The van der Waals surface area contributed by atoms with Crippen LogP contribution in [0.4, 0.5) is 0 Å². The number of nitrogens with one attached hydrogen (secondary N) is 1. The summed E-state index contributed by atoms with van der Waals surface area (Å²) in [5, 5.41) is 3.61. The van der Waals surface area contributed by atoms with E-state index in [1.165, 1.54) is 22.3 Å². The van der Waals surface area contributed by atoms with Gasteiger partial charge in [-0.25, -0.2) is 0 Å². The summed E-state index contributed by atoms with van der Waals surface area (Å²) in [6.07, 6.45) is 1.02. The van der Waals surface area contributed by atoms with E-state index in [1.807, 2.05) is 0 Å². The van der Waals surface area contributed by atoms with E-state index >= 15 is 0 Å². The van der Waals surface area contributed by atoms with Crippen molar-refractivity contribution in [2.75, 3.05) is 6.54 Å². The predicted octanol–water partition coefficient (Wildman–Crippen LogP) is 4.96. The summed E-state index contributed by atoms with van der Waals surface area (Å²) < 4.78 is 1.15. The van der Waals surface area contributed by atoms with Gasteiger partial charge in [0.1, 0.15) is 0 Å². The van der Waals surface area contributed by atoms with E-state index in [2.05, 4.69) is 84.5 Å². The zero-order valence-corrected chi connectivity index (χ0v) is 14.0. The van der Waals surface area contributed by atoms with Crippen LogP contribution in [0.1, 0.15) is 35.2 Å². The van der Waals surface area contributed by atoms with E-state index in [1.54, 1.807) is 0 Å². The molecule has 1 atom stereocenters. The number of hydrogen-bond acceptors (Lipinski definition) is 1. The first-order chi connectivity index (χ1) is 9.60. The molecule has 0 amide bonds. The summed E-state index contributed by atoms with van der Waals surface area (Å²) >= 11 is 3.60. The van der Waals surface area contributed by atoms with Gasteiger partial charge in [-0.05, 0) is 61.2 Å². The molecule has 2 aromatic carbocycles. The van der Waals surface area contributed by atoms with Crippen LogP contribution in [0, 0.1) is 13.8 Å². The Kier molecular flexibility index (Phi) is 5.38. The van der Waals surface area contributed by atoms with Gasteiger partial charge >= 0.3 is 0 Å². The number of rotatable bonds is 5. The molecule has 0 spiro atoms. The first-order valence-electron chi connectivity index (χ1n) is 7.15. The highest BCUT2D eigenvalue weighted by atomic mass is 79.9. The van der Waals surface area contributed by atoms with Crippen molar-refractivity contribution >= 4 is 15.9 Å². The minimum absolute atomic E-state index is 0.359. The Labute approximate surface area is 130 Å². The van der Waals surface area contributed by atoms with Gasteiger partial charge < -0.3 is 5.32 Å². The van der Waals surface area contributed by atoms with Gasteiger partial charge in [0.25, 0.3) is 0 Å². The highest BCUT2D eigenvalue weighted by Gasteiger charge is 2.13. The van der Waals surface area contributed by atoms with Gasteiger partial charge in [0.2, 0.25) is 0 Å². The molecular weight excluding hydrogens is 310 g/mol. The monoisotopic (exact) mass is 331 g/mol. The number of likely N-dealkylation sites (N-methyl/N-ethyl adjacent to an activating group) is 1. The Balaban J connectivity index is 2.29. The van der Waals surface area contributed by atoms with Gasteiger partial charge in [-0.2, -0.15) is 0 Å². The smallest absolute Gasteiger partial charge is 0.0361 e. The van der Waals surface area contributed by atoms with E-state index in [0.29, 0.717) is 6.04 Å². The average molecular weight is 332 g/mol. The van der Waals surface area contributed by atoms with E-state index < -0.39 is 0 Å². The molecule has 1 N–H and O–H groups in total. The van der Waals surface area contributed by atoms with Crippen molar-refractivity contribution in [2.45, 2.75) is 33.2 Å². The maximum Gasteiger partial charge on any atom is 0.0361 e. The van der Waals surface area contributed by atoms with Crippen LogP contribution in [0.15, 0.2) is 46.9 Å². The van der Waals surface area contributed by atoms with Gasteiger partial charge in [-0.1, -0.05) is 53.2 Å². The van der Waals surface area contributed by atoms with Crippen LogP contribution in [-0.2, 0) is 6.42 Å². The minimum atomic E-state index is 0.359. The van der Waals surface area contributed by atoms with Crippen molar-refractivity contribution in [1.29, 1.82) is 0 Å². The Morgan fingerprint density at radius 2 is 1.85 bits per heavy atom. The van der Waals surface area contributed by atoms with Crippen molar-refractivity contribution in [3.8, 4) is 0 Å². The van der Waals surface area contributed by atoms with Crippen LogP contribution >= 0.6 is 15.9 Å². The quantitative estimate of drug-likeness (QED) is 0.816. The molecule has 2 heteroatoms. The lowest BCUT2D eigenvalue weighted by Gasteiger charge is -2.20. The van der Waals surface area contributed by atoms with Crippen molar-refractivity contribution < 1.29 is 0 Å². The van der Waals surface area contributed by atoms with Crippen LogP contribution in [0.5, 0.6) is 0 Å². The molecule has 0 heterocycles. The summed E-state index contributed by atoms with van der Waals surface area (Å²) in [7, 11) is 0. The van der Waals surface area contributed by atoms with Crippen molar-refractivity contribution in [3.63, 3.8) is 0 Å². The van der Waals surface area contributed by atoms with E-state index in [-0.39, 0.29) is 0 Å². The maximum absolute atomic E-state index is 3.61. The molecule has 0 radical (unpaired) electrons. The molecular formula is C18H22BrN. The second-order valence-corrected chi connectivity index (χ2v) is 6.22. The van der Waals surface area contributed by atoms with E-state index in [9.17, 15) is 0 Å². The highest BCUT2D eigenvalue weighted by Crippen LogP contribution is 2.24. The first kappa shape index (κ1) is 15.3. The molecule has 0 aliphatic heterocycles. The second-order valence-electron chi connectivity index (χ2n) is 5.30. The molecule has 0 saturated heterocycles. The summed E-state index contributed by atoms with van der Waals surface area (Å²) in [6, 6.07) is 15.6.